The lowest BCUT2D eigenvalue weighted by atomic mass is 10.0. The molecule has 2 N–H and O–H groups in total. The van der Waals surface area contributed by atoms with Crippen LogP contribution in [0.5, 0.6) is 5.75 Å². The minimum atomic E-state index is -0.189. The standard InChI is InChI=1S/C23H22N2O3/c1-28-20-9-6-17-10-18(11-22(21(17)12-20)24-13-15-2-3-15)23(27)25-19-7-4-16(14-26)5-8-19/h4-12,14-15,24H,2-3,13H2,1H3,(H,25,27). The van der Waals surface area contributed by atoms with Crippen molar-refractivity contribution in [1.29, 1.82) is 0 Å². The Balaban J connectivity index is 1.64. The van der Waals surface area contributed by atoms with Gasteiger partial charge in [0, 0.05) is 34.4 Å². The molecule has 142 valence electrons. The molecule has 0 atom stereocenters. The van der Waals surface area contributed by atoms with Crippen LogP contribution in [-0.4, -0.2) is 25.8 Å². The molecule has 0 unspecified atom stereocenters. The van der Waals surface area contributed by atoms with Crippen LogP contribution in [0.25, 0.3) is 10.8 Å². The van der Waals surface area contributed by atoms with Gasteiger partial charge in [0.1, 0.15) is 12.0 Å². The average molecular weight is 374 g/mol. The second-order valence-corrected chi connectivity index (χ2v) is 7.13. The molecule has 0 bridgehead atoms. The van der Waals surface area contributed by atoms with Gasteiger partial charge in [-0.15, -0.1) is 0 Å². The number of carbonyl (C=O) groups is 2. The number of rotatable bonds is 7. The first-order chi connectivity index (χ1) is 13.7. The van der Waals surface area contributed by atoms with Crippen LogP contribution in [0.15, 0.2) is 54.6 Å². The van der Waals surface area contributed by atoms with E-state index in [1.165, 1.54) is 12.8 Å². The maximum Gasteiger partial charge on any atom is 0.255 e. The number of aldehydes is 1. The maximum absolute atomic E-state index is 12.8. The lowest BCUT2D eigenvalue weighted by Gasteiger charge is -2.14. The van der Waals surface area contributed by atoms with E-state index in [9.17, 15) is 9.59 Å². The van der Waals surface area contributed by atoms with Gasteiger partial charge in [0.05, 0.1) is 7.11 Å². The number of benzene rings is 3. The second kappa shape index (κ2) is 7.72. The Morgan fingerprint density at radius 3 is 2.57 bits per heavy atom. The molecule has 0 radical (unpaired) electrons. The highest BCUT2D eigenvalue weighted by Crippen LogP contribution is 2.33. The molecular formula is C23H22N2O3. The fraction of sp³-hybridized carbons (Fsp3) is 0.217. The summed E-state index contributed by atoms with van der Waals surface area (Å²) in [6.45, 7) is 0.907. The van der Waals surface area contributed by atoms with Gasteiger partial charge in [-0.25, -0.2) is 0 Å². The number of carbonyl (C=O) groups excluding carboxylic acids is 2. The van der Waals surface area contributed by atoms with E-state index in [4.69, 9.17) is 4.74 Å². The predicted molar refractivity (Wildman–Crippen MR) is 111 cm³/mol. The van der Waals surface area contributed by atoms with Crippen LogP contribution in [0.2, 0.25) is 0 Å². The van der Waals surface area contributed by atoms with E-state index in [1.54, 1.807) is 31.4 Å². The molecule has 0 aromatic heterocycles. The van der Waals surface area contributed by atoms with Crippen LogP contribution in [0.4, 0.5) is 11.4 Å². The van der Waals surface area contributed by atoms with Crippen molar-refractivity contribution in [2.75, 3.05) is 24.3 Å². The topological polar surface area (TPSA) is 67.4 Å². The van der Waals surface area contributed by atoms with Crippen molar-refractivity contribution in [2.45, 2.75) is 12.8 Å². The Kier molecular flexibility index (Phi) is 4.98. The number of hydrogen-bond acceptors (Lipinski definition) is 4. The molecule has 28 heavy (non-hydrogen) atoms. The van der Waals surface area contributed by atoms with E-state index in [-0.39, 0.29) is 5.91 Å². The summed E-state index contributed by atoms with van der Waals surface area (Å²) >= 11 is 0. The number of nitrogens with one attached hydrogen (secondary N) is 2. The van der Waals surface area contributed by atoms with Gasteiger partial charge in [-0.05, 0) is 72.7 Å². The fourth-order valence-corrected chi connectivity index (χ4v) is 3.17. The van der Waals surface area contributed by atoms with Crippen molar-refractivity contribution in [3.63, 3.8) is 0 Å². The third-order valence-corrected chi connectivity index (χ3v) is 5.01. The number of hydrogen-bond donors (Lipinski definition) is 2. The summed E-state index contributed by atoms with van der Waals surface area (Å²) in [5.74, 6) is 1.31. The maximum atomic E-state index is 12.8. The molecule has 1 fully saturated rings. The molecule has 0 spiro atoms. The molecule has 1 aliphatic carbocycles. The molecule has 0 heterocycles. The van der Waals surface area contributed by atoms with E-state index >= 15 is 0 Å². The van der Waals surface area contributed by atoms with Crippen LogP contribution in [0, 0.1) is 5.92 Å². The summed E-state index contributed by atoms with van der Waals surface area (Å²) in [4.78, 5) is 23.6. The lowest BCUT2D eigenvalue weighted by molar-refractivity contribution is 0.102. The van der Waals surface area contributed by atoms with Gasteiger partial charge in [0.2, 0.25) is 0 Å². The summed E-state index contributed by atoms with van der Waals surface area (Å²) in [5, 5.41) is 8.40. The largest absolute Gasteiger partial charge is 0.497 e. The number of methoxy groups -OCH3 is 1. The van der Waals surface area contributed by atoms with E-state index < -0.39 is 0 Å². The summed E-state index contributed by atoms with van der Waals surface area (Å²) in [6.07, 6.45) is 3.29. The zero-order valence-electron chi connectivity index (χ0n) is 15.7. The van der Waals surface area contributed by atoms with Crippen molar-refractivity contribution >= 4 is 34.3 Å². The molecule has 3 aromatic carbocycles. The Bertz CT molecular complexity index is 1020. The highest BCUT2D eigenvalue weighted by molar-refractivity contribution is 6.09. The Morgan fingerprint density at radius 2 is 1.89 bits per heavy atom. The molecule has 1 saturated carbocycles. The third kappa shape index (κ3) is 3.98. The van der Waals surface area contributed by atoms with Gasteiger partial charge in [-0.3, -0.25) is 9.59 Å². The minimum Gasteiger partial charge on any atom is -0.497 e. The highest BCUT2D eigenvalue weighted by Gasteiger charge is 2.21. The summed E-state index contributed by atoms with van der Waals surface area (Å²) in [5.41, 5.74) is 2.74. The third-order valence-electron chi connectivity index (χ3n) is 5.01. The van der Waals surface area contributed by atoms with E-state index in [0.717, 1.165) is 41.0 Å². The van der Waals surface area contributed by atoms with Crippen LogP contribution < -0.4 is 15.4 Å². The molecule has 1 amide bonds. The average Bonchev–Trinajstić information content (AvgIpc) is 3.56. The van der Waals surface area contributed by atoms with E-state index in [2.05, 4.69) is 10.6 Å². The Morgan fingerprint density at radius 1 is 1.11 bits per heavy atom. The van der Waals surface area contributed by atoms with Crippen molar-refractivity contribution in [3.8, 4) is 5.75 Å². The summed E-state index contributed by atoms with van der Waals surface area (Å²) in [7, 11) is 1.65. The van der Waals surface area contributed by atoms with Gasteiger partial charge in [0.15, 0.2) is 0 Å². The predicted octanol–water partition coefficient (Wildman–Crippen LogP) is 4.74. The van der Waals surface area contributed by atoms with Gasteiger partial charge in [-0.2, -0.15) is 0 Å². The second-order valence-electron chi connectivity index (χ2n) is 7.13. The van der Waals surface area contributed by atoms with Gasteiger partial charge < -0.3 is 15.4 Å². The van der Waals surface area contributed by atoms with Gasteiger partial charge >= 0.3 is 0 Å². The lowest BCUT2D eigenvalue weighted by Crippen LogP contribution is -2.13. The van der Waals surface area contributed by atoms with Crippen LogP contribution >= 0.6 is 0 Å². The fourth-order valence-electron chi connectivity index (χ4n) is 3.17. The minimum absolute atomic E-state index is 0.189. The molecular weight excluding hydrogens is 352 g/mol. The number of amides is 1. The molecule has 1 aliphatic rings. The van der Waals surface area contributed by atoms with Gasteiger partial charge in [0.25, 0.3) is 5.91 Å². The van der Waals surface area contributed by atoms with E-state index in [0.29, 0.717) is 16.8 Å². The number of fused-ring (bicyclic) bond motifs is 1. The number of anilines is 2. The normalized spacial score (nSPS) is 13.2. The number of ether oxygens (including phenoxy) is 1. The highest BCUT2D eigenvalue weighted by atomic mass is 16.5. The molecule has 0 aliphatic heterocycles. The smallest absolute Gasteiger partial charge is 0.255 e. The molecule has 5 heteroatoms. The first-order valence-electron chi connectivity index (χ1n) is 9.38. The summed E-state index contributed by atoms with van der Waals surface area (Å²) in [6, 6.07) is 16.4. The first kappa shape index (κ1) is 18.0. The van der Waals surface area contributed by atoms with Crippen molar-refractivity contribution in [1.82, 2.24) is 0 Å². The Hall–Kier alpha value is -3.34. The molecule has 4 rings (SSSR count). The van der Waals surface area contributed by atoms with Crippen LogP contribution in [0.1, 0.15) is 33.6 Å². The monoisotopic (exact) mass is 374 g/mol. The molecule has 0 saturated heterocycles. The van der Waals surface area contributed by atoms with Crippen molar-refractivity contribution in [3.05, 3.63) is 65.7 Å². The molecule has 5 nitrogen and oxygen atoms in total. The van der Waals surface area contributed by atoms with Gasteiger partial charge in [-0.1, -0.05) is 6.07 Å². The Labute approximate surface area is 163 Å². The zero-order valence-corrected chi connectivity index (χ0v) is 15.7. The molecule has 3 aromatic rings. The first-order valence-corrected chi connectivity index (χ1v) is 9.38. The quantitative estimate of drug-likeness (QED) is 0.587. The zero-order chi connectivity index (χ0) is 19.5. The summed E-state index contributed by atoms with van der Waals surface area (Å²) < 4.78 is 5.36. The van der Waals surface area contributed by atoms with Crippen LogP contribution in [0.3, 0.4) is 0 Å². The van der Waals surface area contributed by atoms with Crippen LogP contribution in [-0.2, 0) is 0 Å². The van der Waals surface area contributed by atoms with Crippen molar-refractivity contribution in [2.24, 2.45) is 5.92 Å². The van der Waals surface area contributed by atoms with E-state index in [1.807, 2.05) is 30.3 Å². The SMILES string of the molecule is COc1ccc2cc(C(=O)Nc3ccc(C=O)cc3)cc(NCC3CC3)c2c1. The van der Waals surface area contributed by atoms with Crippen molar-refractivity contribution < 1.29 is 14.3 Å².